The van der Waals surface area contributed by atoms with E-state index in [0.29, 0.717) is 0 Å². The van der Waals surface area contributed by atoms with Gasteiger partial charge in [-0.1, -0.05) is 0 Å². The maximum atomic E-state index is 13.1. The number of hydrogen-bond donors (Lipinski definition) is 1. The van der Waals surface area contributed by atoms with E-state index in [2.05, 4.69) is 4.74 Å². The molecule has 102 valence electrons. The van der Waals surface area contributed by atoms with Crippen molar-refractivity contribution in [2.45, 2.75) is 12.7 Å². The second-order valence-electron chi connectivity index (χ2n) is 3.17. The van der Waals surface area contributed by atoms with Gasteiger partial charge in [0.15, 0.2) is 24.0 Å². The van der Waals surface area contributed by atoms with Crippen LogP contribution < -0.4 is 10.5 Å². The Morgan fingerprint density at radius 2 is 1.33 bits per heavy atom. The molecular formula is C9H6F7NO. The summed E-state index contributed by atoms with van der Waals surface area (Å²) in [6, 6.07) is 0. The summed E-state index contributed by atoms with van der Waals surface area (Å²) in [7, 11) is 0. The van der Waals surface area contributed by atoms with E-state index >= 15 is 0 Å². The second-order valence-corrected chi connectivity index (χ2v) is 3.17. The maximum Gasteiger partial charge on any atom is 0.422 e. The van der Waals surface area contributed by atoms with Crippen LogP contribution in [-0.2, 0) is 6.54 Å². The molecule has 1 aromatic rings. The van der Waals surface area contributed by atoms with Gasteiger partial charge in [-0.05, 0) is 0 Å². The molecule has 2 N–H and O–H groups in total. The average Bonchev–Trinajstić information content (AvgIpc) is 2.26. The fourth-order valence-electron chi connectivity index (χ4n) is 1.12. The summed E-state index contributed by atoms with van der Waals surface area (Å²) in [4.78, 5) is 0. The highest BCUT2D eigenvalue weighted by atomic mass is 19.4. The molecule has 0 aromatic heterocycles. The number of nitrogens with two attached hydrogens (primary N) is 1. The lowest BCUT2D eigenvalue weighted by molar-refractivity contribution is -0.154. The molecule has 0 aliphatic rings. The van der Waals surface area contributed by atoms with Crippen LogP contribution in [0.15, 0.2) is 0 Å². The third-order valence-electron chi connectivity index (χ3n) is 1.90. The van der Waals surface area contributed by atoms with Crippen molar-refractivity contribution in [3.8, 4) is 5.75 Å². The first kappa shape index (κ1) is 14.6. The zero-order valence-electron chi connectivity index (χ0n) is 8.55. The predicted octanol–water partition coefficient (Wildman–Crippen LogP) is 2.64. The van der Waals surface area contributed by atoms with E-state index in [9.17, 15) is 30.7 Å². The second kappa shape index (κ2) is 5.01. The van der Waals surface area contributed by atoms with Crippen LogP contribution in [0.25, 0.3) is 0 Å². The van der Waals surface area contributed by atoms with Gasteiger partial charge in [-0.25, -0.2) is 8.78 Å². The summed E-state index contributed by atoms with van der Waals surface area (Å²) in [5.41, 5.74) is 3.74. The molecule has 1 aromatic carbocycles. The molecule has 9 heteroatoms. The molecule has 18 heavy (non-hydrogen) atoms. The molecule has 0 heterocycles. The van der Waals surface area contributed by atoms with Crippen LogP contribution in [0.4, 0.5) is 30.7 Å². The Hall–Kier alpha value is -1.51. The SMILES string of the molecule is NCc1c(F)c(F)c(OCC(F)(F)F)c(F)c1F. The molecule has 0 unspecified atom stereocenters. The van der Waals surface area contributed by atoms with E-state index in [1.165, 1.54) is 0 Å². The first-order valence-corrected chi connectivity index (χ1v) is 4.43. The molecule has 0 atom stereocenters. The van der Waals surface area contributed by atoms with Gasteiger partial charge in [0.05, 0.1) is 0 Å². The lowest BCUT2D eigenvalue weighted by atomic mass is 10.1. The summed E-state index contributed by atoms with van der Waals surface area (Å²) in [5, 5.41) is 0. The molecule has 0 saturated carbocycles. The third-order valence-corrected chi connectivity index (χ3v) is 1.90. The highest BCUT2D eigenvalue weighted by molar-refractivity contribution is 5.34. The lowest BCUT2D eigenvalue weighted by Crippen LogP contribution is -2.21. The molecule has 0 aliphatic carbocycles. The normalized spacial score (nSPS) is 11.8. The van der Waals surface area contributed by atoms with Gasteiger partial charge in [-0.15, -0.1) is 0 Å². The molecule has 0 aliphatic heterocycles. The summed E-state index contributed by atoms with van der Waals surface area (Å²) in [6.07, 6.45) is -4.90. The van der Waals surface area contributed by atoms with E-state index in [4.69, 9.17) is 5.73 Å². The molecular weight excluding hydrogens is 271 g/mol. The van der Waals surface area contributed by atoms with Gasteiger partial charge in [0.25, 0.3) is 0 Å². The van der Waals surface area contributed by atoms with E-state index in [-0.39, 0.29) is 0 Å². The summed E-state index contributed by atoms with van der Waals surface area (Å²) in [6.45, 7) is -2.94. The van der Waals surface area contributed by atoms with Crippen LogP contribution in [0, 0.1) is 23.3 Å². The number of ether oxygens (including phenoxy) is 1. The van der Waals surface area contributed by atoms with Gasteiger partial charge < -0.3 is 10.5 Å². The maximum absolute atomic E-state index is 13.1. The minimum atomic E-state index is -4.90. The molecule has 0 bridgehead atoms. The molecule has 0 amide bonds. The molecule has 0 fully saturated rings. The fraction of sp³-hybridized carbons (Fsp3) is 0.333. The number of alkyl halides is 3. The van der Waals surface area contributed by atoms with Crippen molar-refractivity contribution >= 4 is 0 Å². The number of rotatable bonds is 3. The van der Waals surface area contributed by atoms with Crippen LogP contribution in [-0.4, -0.2) is 12.8 Å². The van der Waals surface area contributed by atoms with E-state index in [1.807, 2.05) is 0 Å². The molecule has 0 radical (unpaired) electrons. The Labute approximate surface area is 96.1 Å². The van der Waals surface area contributed by atoms with Gasteiger partial charge in [-0.3, -0.25) is 0 Å². The van der Waals surface area contributed by atoms with Crippen molar-refractivity contribution in [3.05, 3.63) is 28.8 Å². The Bertz CT molecular complexity index is 428. The summed E-state index contributed by atoms with van der Waals surface area (Å²) in [5.74, 6) is -9.64. The quantitative estimate of drug-likeness (QED) is 0.681. The zero-order chi connectivity index (χ0) is 14.1. The van der Waals surface area contributed by atoms with Crippen molar-refractivity contribution in [1.82, 2.24) is 0 Å². The summed E-state index contributed by atoms with van der Waals surface area (Å²) < 4.78 is 91.5. The fourth-order valence-corrected chi connectivity index (χ4v) is 1.12. The smallest absolute Gasteiger partial charge is 0.422 e. The first-order valence-electron chi connectivity index (χ1n) is 4.43. The van der Waals surface area contributed by atoms with Crippen LogP contribution in [0.2, 0.25) is 0 Å². The van der Waals surface area contributed by atoms with Crippen molar-refractivity contribution in [2.75, 3.05) is 6.61 Å². The van der Waals surface area contributed by atoms with Crippen molar-refractivity contribution in [2.24, 2.45) is 5.73 Å². The average molecular weight is 277 g/mol. The minimum Gasteiger partial charge on any atom is -0.478 e. The molecule has 0 spiro atoms. The topological polar surface area (TPSA) is 35.2 Å². The number of benzene rings is 1. The van der Waals surface area contributed by atoms with Gasteiger partial charge in [0.2, 0.25) is 11.6 Å². The van der Waals surface area contributed by atoms with Gasteiger partial charge in [0.1, 0.15) is 0 Å². The van der Waals surface area contributed by atoms with Crippen molar-refractivity contribution in [3.63, 3.8) is 0 Å². The van der Waals surface area contributed by atoms with Gasteiger partial charge in [0, 0.05) is 12.1 Å². The number of hydrogen-bond acceptors (Lipinski definition) is 2. The number of halogens is 7. The van der Waals surface area contributed by atoms with E-state index < -0.39 is 53.9 Å². The highest BCUT2D eigenvalue weighted by Gasteiger charge is 2.32. The van der Waals surface area contributed by atoms with Crippen LogP contribution in [0.3, 0.4) is 0 Å². The Balaban J connectivity index is 3.21. The lowest BCUT2D eigenvalue weighted by Gasteiger charge is -2.13. The van der Waals surface area contributed by atoms with Crippen molar-refractivity contribution < 1.29 is 35.5 Å². The Morgan fingerprint density at radius 3 is 1.67 bits per heavy atom. The van der Waals surface area contributed by atoms with E-state index in [1.54, 1.807) is 0 Å². The summed E-state index contributed by atoms with van der Waals surface area (Å²) >= 11 is 0. The van der Waals surface area contributed by atoms with Crippen LogP contribution in [0.1, 0.15) is 5.56 Å². The first-order chi connectivity index (χ1) is 8.19. The molecule has 0 saturated heterocycles. The minimum absolute atomic E-state index is 0.856. The van der Waals surface area contributed by atoms with E-state index in [0.717, 1.165) is 0 Å². The van der Waals surface area contributed by atoms with Gasteiger partial charge >= 0.3 is 6.18 Å². The highest BCUT2D eigenvalue weighted by Crippen LogP contribution is 2.31. The third kappa shape index (κ3) is 2.84. The predicted molar refractivity (Wildman–Crippen MR) is 45.7 cm³/mol. The largest absolute Gasteiger partial charge is 0.478 e. The Morgan fingerprint density at radius 1 is 0.889 bits per heavy atom. The standard InChI is InChI=1S/C9H6F7NO/c10-4-3(1-17)5(11)7(13)8(6(4)12)18-2-9(14,15)16/h1-2,17H2. The van der Waals surface area contributed by atoms with Crippen molar-refractivity contribution in [1.29, 1.82) is 0 Å². The Kier molecular flexibility index (Phi) is 4.05. The monoisotopic (exact) mass is 277 g/mol. The molecule has 1 rings (SSSR count). The van der Waals surface area contributed by atoms with Crippen LogP contribution in [0.5, 0.6) is 5.75 Å². The zero-order valence-corrected chi connectivity index (χ0v) is 8.55. The van der Waals surface area contributed by atoms with Crippen LogP contribution >= 0.6 is 0 Å². The molecule has 2 nitrogen and oxygen atoms in total. The van der Waals surface area contributed by atoms with Gasteiger partial charge in [-0.2, -0.15) is 22.0 Å².